The largest absolute Gasteiger partial charge is 0.368 e. The van der Waals surface area contributed by atoms with Crippen LogP contribution in [0, 0.1) is 5.82 Å². The van der Waals surface area contributed by atoms with E-state index in [1.807, 2.05) is 42.3 Å². The number of anilines is 1. The first-order valence-corrected chi connectivity index (χ1v) is 7.40. The van der Waals surface area contributed by atoms with Crippen molar-refractivity contribution < 1.29 is 4.39 Å². The van der Waals surface area contributed by atoms with Gasteiger partial charge in [0.1, 0.15) is 5.82 Å². The molecule has 2 rings (SSSR count). The molecular formula is C15H14BrClFN. The molecule has 0 aliphatic rings. The van der Waals surface area contributed by atoms with Gasteiger partial charge in [0, 0.05) is 23.9 Å². The van der Waals surface area contributed by atoms with E-state index in [0.717, 1.165) is 11.1 Å². The first-order valence-electron chi connectivity index (χ1n) is 5.90. The van der Waals surface area contributed by atoms with Gasteiger partial charge in [-0.1, -0.05) is 45.7 Å². The lowest BCUT2D eigenvalue weighted by atomic mass is 10.1. The average molecular weight is 343 g/mol. The van der Waals surface area contributed by atoms with Gasteiger partial charge in [-0.2, -0.15) is 0 Å². The summed E-state index contributed by atoms with van der Waals surface area (Å²) in [6.07, 6.45) is 0. The van der Waals surface area contributed by atoms with Crippen LogP contribution in [0.25, 0.3) is 0 Å². The second kappa shape index (κ2) is 6.40. The molecule has 0 radical (unpaired) electrons. The van der Waals surface area contributed by atoms with Crippen molar-refractivity contribution in [2.45, 2.75) is 11.9 Å². The van der Waals surface area contributed by atoms with Crippen LogP contribution in [-0.4, -0.2) is 7.05 Å². The summed E-state index contributed by atoms with van der Waals surface area (Å²) in [7, 11) is 1.87. The summed E-state index contributed by atoms with van der Waals surface area (Å²) in [4.78, 5) is 1.87. The molecule has 2 aromatic carbocycles. The molecular weight excluding hydrogens is 329 g/mol. The van der Waals surface area contributed by atoms with Gasteiger partial charge in [0.2, 0.25) is 0 Å². The van der Waals surface area contributed by atoms with Crippen LogP contribution in [0.4, 0.5) is 10.1 Å². The van der Waals surface area contributed by atoms with Crippen LogP contribution in [0.15, 0.2) is 42.5 Å². The highest BCUT2D eigenvalue weighted by molar-refractivity contribution is 9.08. The quantitative estimate of drug-likeness (QED) is 0.706. The number of hydrogen-bond acceptors (Lipinski definition) is 1. The molecule has 0 amide bonds. The van der Waals surface area contributed by atoms with Crippen molar-refractivity contribution in [2.24, 2.45) is 0 Å². The molecule has 0 aromatic heterocycles. The topological polar surface area (TPSA) is 3.24 Å². The monoisotopic (exact) mass is 341 g/mol. The van der Waals surface area contributed by atoms with Crippen LogP contribution in [0.2, 0.25) is 5.02 Å². The van der Waals surface area contributed by atoms with E-state index in [9.17, 15) is 4.39 Å². The molecule has 0 bridgehead atoms. The predicted molar refractivity (Wildman–Crippen MR) is 82.6 cm³/mol. The number of alkyl halides is 1. The zero-order valence-electron chi connectivity index (χ0n) is 10.5. The number of halogens is 3. The maximum absolute atomic E-state index is 14.0. The van der Waals surface area contributed by atoms with Crippen molar-refractivity contribution in [1.29, 1.82) is 0 Å². The SMILES string of the molecule is CN(Cc1cccc(Cl)c1)c1ccc(CBr)cc1F. The van der Waals surface area contributed by atoms with Crippen molar-refractivity contribution in [3.05, 3.63) is 64.4 Å². The first-order chi connectivity index (χ1) is 9.10. The lowest BCUT2D eigenvalue weighted by Crippen LogP contribution is -2.17. The number of rotatable bonds is 4. The highest BCUT2D eigenvalue weighted by Crippen LogP contribution is 2.22. The molecule has 0 saturated carbocycles. The van der Waals surface area contributed by atoms with Crippen molar-refractivity contribution in [3.8, 4) is 0 Å². The second-order valence-corrected chi connectivity index (χ2v) is 5.40. The summed E-state index contributed by atoms with van der Waals surface area (Å²) in [6.45, 7) is 0.616. The summed E-state index contributed by atoms with van der Waals surface area (Å²) in [6, 6.07) is 12.9. The first kappa shape index (κ1) is 14.4. The predicted octanol–water partition coefficient (Wildman–Crippen LogP) is 5.01. The Morgan fingerprint density at radius 2 is 1.95 bits per heavy atom. The zero-order chi connectivity index (χ0) is 13.8. The van der Waals surface area contributed by atoms with E-state index in [4.69, 9.17) is 11.6 Å². The highest BCUT2D eigenvalue weighted by Gasteiger charge is 2.09. The highest BCUT2D eigenvalue weighted by atomic mass is 79.9. The molecule has 100 valence electrons. The summed E-state index contributed by atoms with van der Waals surface area (Å²) in [5.41, 5.74) is 2.57. The smallest absolute Gasteiger partial charge is 0.146 e. The Labute approximate surface area is 126 Å². The molecule has 0 spiro atoms. The van der Waals surface area contributed by atoms with Gasteiger partial charge < -0.3 is 4.90 Å². The summed E-state index contributed by atoms with van der Waals surface area (Å²) in [5, 5.41) is 1.35. The van der Waals surface area contributed by atoms with Crippen molar-refractivity contribution in [3.63, 3.8) is 0 Å². The third-order valence-electron chi connectivity index (χ3n) is 2.89. The molecule has 0 atom stereocenters. The van der Waals surface area contributed by atoms with Crippen LogP contribution in [0.1, 0.15) is 11.1 Å². The molecule has 0 aliphatic carbocycles. The molecule has 0 fully saturated rings. The summed E-state index contributed by atoms with van der Waals surface area (Å²) < 4.78 is 14.0. The van der Waals surface area contributed by atoms with Gasteiger partial charge in [0.15, 0.2) is 0 Å². The van der Waals surface area contributed by atoms with Gasteiger partial charge in [-0.25, -0.2) is 4.39 Å². The van der Waals surface area contributed by atoms with Gasteiger partial charge in [-0.05, 0) is 35.4 Å². The fourth-order valence-corrected chi connectivity index (χ4v) is 2.50. The van der Waals surface area contributed by atoms with E-state index in [2.05, 4.69) is 15.9 Å². The molecule has 0 saturated heterocycles. The lowest BCUT2D eigenvalue weighted by Gasteiger charge is -2.20. The molecule has 1 nitrogen and oxygen atoms in total. The normalized spacial score (nSPS) is 10.5. The van der Waals surface area contributed by atoms with Gasteiger partial charge >= 0.3 is 0 Å². The molecule has 0 heterocycles. The molecule has 0 aliphatic heterocycles. The van der Waals surface area contributed by atoms with Crippen LogP contribution < -0.4 is 4.90 Å². The van der Waals surface area contributed by atoms with Crippen LogP contribution in [-0.2, 0) is 11.9 Å². The molecule has 0 N–H and O–H groups in total. The van der Waals surface area contributed by atoms with E-state index in [1.165, 1.54) is 0 Å². The Hall–Kier alpha value is -1.06. The van der Waals surface area contributed by atoms with E-state index in [1.54, 1.807) is 12.1 Å². The molecule has 2 aromatic rings. The maximum atomic E-state index is 14.0. The zero-order valence-corrected chi connectivity index (χ0v) is 12.9. The third kappa shape index (κ3) is 3.71. The number of benzene rings is 2. The molecule has 0 unspecified atom stereocenters. The maximum Gasteiger partial charge on any atom is 0.146 e. The third-order valence-corrected chi connectivity index (χ3v) is 3.77. The fraction of sp³-hybridized carbons (Fsp3) is 0.200. The van der Waals surface area contributed by atoms with E-state index >= 15 is 0 Å². The molecule has 19 heavy (non-hydrogen) atoms. The Kier molecular flexibility index (Phi) is 4.83. The fourth-order valence-electron chi connectivity index (χ4n) is 1.94. The van der Waals surface area contributed by atoms with E-state index in [0.29, 0.717) is 22.6 Å². The van der Waals surface area contributed by atoms with Crippen molar-refractivity contribution in [1.82, 2.24) is 0 Å². The van der Waals surface area contributed by atoms with Crippen molar-refractivity contribution in [2.75, 3.05) is 11.9 Å². The Morgan fingerprint density at radius 1 is 1.16 bits per heavy atom. The van der Waals surface area contributed by atoms with Gasteiger partial charge in [0.25, 0.3) is 0 Å². The minimum atomic E-state index is -0.207. The number of hydrogen-bond donors (Lipinski definition) is 0. The number of nitrogens with zero attached hydrogens (tertiary/aromatic N) is 1. The minimum Gasteiger partial charge on any atom is -0.368 e. The van der Waals surface area contributed by atoms with E-state index in [-0.39, 0.29) is 5.82 Å². The summed E-state index contributed by atoms with van der Waals surface area (Å²) >= 11 is 9.27. The standard InChI is InChI=1S/C15H14BrClFN/c1-19(10-12-3-2-4-13(17)7-12)15-6-5-11(9-16)8-14(15)18/h2-8H,9-10H2,1H3. The minimum absolute atomic E-state index is 0.207. The van der Waals surface area contributed by atoms with Gasteiger partial charge in [0.05, 0.1) is 5.69 Å². The van der Waals surface area contributed by atoms with Crippen LogP contribution in [0.5, 0.6) is 0 Å². The van der Waals surface area contributed by atoms with Crippen LogP contribution in [0.3, 0.4) is 0 Å². The molecule has 4 heteroatoms. The van der Waals surface area contributed by atoms with Crippen molar-refractivity contribution >= 4 is 33.2 Å². The average Bonchev–Trinajstić information content (AvgIpc) is 2.38. The Bertz CT molecular complexity index is 574. The lowest BCUT2D eigenvalue weighted by molar-refractivity contribution is 0.621. The Balaban J connectivity index is 2.18. The van der Waals surface area contributed by atoms with Gasteiger partial charge in [-0.3, -0.25) is 0 Å². The summed E-state index contributed by atoms with van der Waals surface area (Å²) in [5.74, 6) is -0.207. The van der Waals surface area contributed by atoms with Gasteiger partial charge in [-0.15, -0.1) is 0 Å². The van der Waals surface area contributed by atoms with E-state index < -0.39 is 0 Å². The van der Waals surface area contributed by atoms with Crippen LogP contribution >= 0.6 is 27.5 Å². The second-order valence-electron chi connectivity index (χ2n) is 4.41. The Morgan fingerprint density at radius 3 is 2.58 bits per heavy atom.